The third kappa shape index (κ3) is 4.18. The van der Waals surface area contributed by atoms with E-state index < -0.39 is 11.9 Å². The maximum atomic E-state index is 11.9. The molecule has 0 unspecified atom stereocenters. The number of amides is 1. The van der Waals surface area contributed by atoms with Crippen LogP contribution in [0.4, 0.5) is 0 Å². The van der Waals surface area contributed by atoms with Crippen molar-refractivity contribution >= 4 is 11.9 Å². The quantitative estimate of drug-likeness (QED) is 0.692. The first kappa shape index (κ1) is 15.3. The van der Waals surface area contributed by atoms with Crippen molar-refractivity contribution in [2.45, 2.75) is 6.92 Å². The van der Waals surface area contributed by atoms with Crippen LogP contribution in [-0.2, 0) is 4.79 Å². The van der Waals surface area contributed by atoms with Gasteiger partial charge in [0.2, 0.25) is 0 Å². The maximum Gasteiger partial charge on any atom is 0.330 e. The van der Waals surface area contributed by atoms with Gasteiger partial charge < -0.3 is 10.1 Å². The minimum absolute atomic E-state index is 0.246. The molecule has 0 spiro atoms. The van der Waals surface area contributed by atoms with Crippen LogP contribution in [0.5, 0.6) is 5.75 Å². The highest BCUT2D eigenvalue weighted by atomic mass is 16.5. The number of rotatable bonds is 4. The van der Waals surface area contributed by atoms with Crippen LogP contribution in [0.25, 0.3) is 0 Å². The highest BCUT2D eigenvalue weighted by Gasteiger charge is 2.10. The first-order chi connectivity index (χ1) is 10.6. The molecule has 0 aromatic heterocycles. The summed E-state index contributed by atoms with van der Waals surface area (Å²) in [6, 6.07) is 15.3. The number of nitrogens with one attached hydrogen (secondary N) is 1. The third-order valence-electron chi connectivity index (χ3n) is 2.87. The second-order valence-electron chi connectivity index (χ2n) is 4.67. The highest BCUT2D eigenvalue weighted by Crippen LogP contribution is 2.12. The summed E-state index contributed by atoms with van der Waals surface area (Å²) in [6.07, 6.45) is 0. The Kier molecular flexibility index (Phi) is 4.89. The Labute approximate surface area is 128 Å². The van der Waals surface area contributed by atoms with Crippen LogP contribution in [0.15, 0.2) is 48.5 Å². The predicted octanol–water partition coefficient (Wildman–Crippen LogP) is 2.20. The summed E-state index contributed by atoms with van der Waals surface area (Å²) in [5, 5.41) is 11.3. The van der Waals surface area contributed by atoms with E-state index in [-0.39, 0.29) is 6.54 Å². The molecule has 0 saturated carbocycles. The molecule has 1 N–H and O–H groups in total. The van der Waals surface area contributed by atoms with Crippen LogP contribution in [-0.4, -0.2) is 18.4 Å². The zero-order chi connectivity index (χ0) is 15.9. The standard InChI is InChI=1S/C17H14N2O3/c1-12-4-2-7-15(8-12)22-16(20)11-19-17(21)14-6-3-5-13(9-14)10-18/h2-9H,11H2,1H3,(H,19,21). The molecular weight excluding hydrogens is 280 g/mol. The summed E-state index contributed by atoms with van der Waals surface area (Å²) in [5.41, 5.74) is 1.68. The van der Waals surface area contributed by atoms with Crippen molar-refractivity contribution in [3.05, 3.63) is 65.2 Å². The molecule has 0 aliphatic rings. The molecule has 2 aromatic rings. The van der Waals surface area contributed by atoms with E-state index in [1.807, 2.05) is 19.1 Å². The number of nitriles is 1. The van der Waals surface area contributed by atoms with Crippen molar-refractivity contribution in [3.63, 3.8) is 0 Å². The third-order valence-corrected chi connectivity index (χ3v) is 2.87. The minimum atomic E-state index is -0.560. The van der Waals surface area contributed by atoms with Gasteiger partial charge in [-0.2, -0.15) is 5.26 Å². The van der Waals surface area contributed by atoms with Gasteiger partial charge >= 0.3 is 5.97 Å². The lowest BCUT2D eigenvalue weighted by Gasteiger charge is -2.07. The second kappa shape index (κ2) is 7.04. The fourth-order valence-corrected chi connectivity index (χ4v) is 1.83. The van der Waals surface area contributed by atoms with E-state index in [9.17, 15) is 9.59 Å². The number of esters is 1. The number of carbonyl (C=O) groups is 2. The molecule has 0 atom stereocenters. The lowest BCUT2D eigenvalue weighted by Crippen LogP contribution is -2.31. The van der Waals surface area contributed by atoms with Crippen molar-refractivity contribution in [1.29, 1.82) is 5.26 Å². The first-order valence-corrected chi connectivity index (χ1v) is 6.64. The Balaban J connectivity index is 1.90. The Morgan fingerprint density at radius 1 is 1.18 bits per heavy atom. The van der Waals surface area contributed by atoms with Gasteiger partial charge in [-0.05, 0) is 42.8 Å². The summed E-state index contributed by atoms with van der Waals surface area (Å²) in [7, 11) is 0. The van der Waals surface area contributed by atoms with Gasteiger partial charge in [0.05, 0.1) is 11.6 Å². The van der Waals surface area contributed by atoms with Gasteiger partial charge in [0.15, 0.2) is 0 Å². The SMILES string of the molecule is Cc1cccc(OC(=O)CNC(=O)c2cccc(C#N)c2)c1. The predicted molar refractivity (Wildman–Crippen MR) is 80.3 cm³/mol. The van der Waals surface area contributed by atoms with Crippen LogP contribution in [0.3, 0.4) is 0 Å². The molecule has 5 nitrogen and oxygen atoms in total. The molecule has 0 saturated heterocycles. The lowest BCUT2D eigenvalue weighted by atomic mass is 10.1. The highest BCUT2D eigenvalue weighted by molar-refractivity contribution is 5.96. The van der Waals surface area contributed by atoms with E-state index >= 15 is 0 Å². The molecular formula is C17H14N2O3. The number of benzene rings is 2. The maximum absolute atomic E-state index is 11.9. The molecule has 110 valence electrons. The Hall–Kier alpha value is -3.13. The zero-order valence-corrected chi connectivity index (χ0v) is 12.0. The van der Waals surface area contributed by atoms with Crippen molar-refractivity contribution in [2.75, 3.05) is 6.54 Å². The van der Waals surface area contributed by atoms with Gasteiger partial charge in [-0.1, -0.05) is 18.2 Å². The summed E-state index contributed by atoms with van der Waals surface area (Å²) in [4.78, 5) is 23.6. The van der Waals surface area contributed by atoms with Crippen LogP contribution < -0.4 is 10.1 Å². The smallest absolute Gasteiger partial charge is 0.330 e. The van der Waals surface area contributed by atoms with E-state index in [4.69, 9.17) is 10.00 Å². The fourth-order valence-electron chi connectivity index (χ4n) is 1.83. The normalized spacial score (nSPS) is 9.64. The minimum Gasteiger partial charge on any atom is -0.425 e. The molecule has 0 heterocycles. The Morgan fingerprint density at radius 3 is 2.68 bits per heavy atom. The number of carbonyl (C=O) groups excluding carboxylic acids is 2. The summed E-state index contributed by atoms with van der Waals surface area (Å²) in [5.74, 6) is -0.556. The molecule has 0 aliphatic carbocycles. The monoisotopic (exact) mass is 294 g/mol. The molecule has 5 heteroatoms. The fraction of sp³-hybridized carbons (Fsp3) is 0.118. The van der Waals surface area contributed by atoms with Gasteiger partial charge in [0.1, 0.15) is 12.3 Å². The summed E-state index contributed by atoms with van der Waals surface area (Å²) in [6.45, 7) is 1.64. The zero-order valence-electron chi connectivity index (χ0n) is 12.0. The van der Waals surface area contributed by atoms with E-state index in [0.29, 0.717) is 16.9 Å². The van der Waals surface area contributed by atoms with Crippen molar-refractivity contribution in [1.82, 2.24) is 5.32 Å². The number of ether oxygens (including phenoxy) is 1. The largest absolute Gasteiger partial charge is 0.425 e. The lowest BCUT2D eigenvalue weighted by molar-refractivity contribution is -0.133. The second-order valence-corrected chi connectivity index (χ2v) is 4.67. The van der Waals surface area contributed by atoms with Crippen molar-refractivity contribution in [3.8, 4) is 11.8 Å². The van der Waals surface area contributed by atoms with Crippen molar-refractivity contribution < 1.29 is 14.3 Å². The summed E-state index contributed by atoms with van der Waals surface area (Å²) < 4.78 is 5.12. The van der Waals surface area contributed by atoms with E-state index in [2.05, 4.69) is 5.32 Å². The van der Waals surface area contributed by atoms with Crippen LogP contribution in [0.1, 0.15) is 21.5 Å². The molecule has 0 fully saturated rings. The van der Waals surface area contributed by atoms with E-state index in [0.717, 1.165) is 5.56 Å². The van der Waals surface area contributed by atoms with Crippen LogP contribution >= 0.6 is 0 Å². The molecule has 2 rings (SSSR count). The Morgan fingerprint density at radius 2 is 1.95 bits per heavy atom. The van der Waals surface area contributed by atoms with Gasteiger partial charge in [0, 0.05) is 5.56 Å². The molecule has 2 aromatic carbocycles. The van der Waals surface area contributed by atoms with Crippen LogP contribution in [0, 0.1) is 18.3 Å². The van der Waals surface area contributed by atoms with Crippen molar-refractivity contribution in [2.24, 2.45) is 0 Å². The van der Waals surface area contributed by atoms with Gasteiger partial charge in [0.25, 0.3) is 5.91 Å². The summed E-state index contributed by atoms with van der Waals surface area (Å²) >= 11 is 0. The average molecular weight is 294 g/mol. The number of hydrogen-bond donors (Lipinski definition) is 1. The van der Waals surface area contributed by atoms with E-state index in [1.54, 1.807) is 36.4 Å². The topological polar surface area (TPSA) is 79.2 Å². The number of nitrogens with zero attached hydrogens (tertiary/aromatic N) is 1. The molecule has 0 bridgehead atoms. The first-order valence-electron chi connectivity index (χ1n) is 6.64. The van der Waals surface area contributed by atoms with Gasteiger partial charge in [-0.15, -0.1) is 0 Å². The van der Waals surface area contributed by atoms with E-state index in [1.165, 1.54) is 6.07 Å². The molecule has 1 amide bonds. The average Bonchev–Trinajstić information content (AvgIpc) is 2.52. The Bertz CT molecular complexity index is 748. The molecule has 22 heavy (non-hydrogen) atoms. The number of hydrogen-bond acceptors (Lipinski definition) is 4. The molecule has 0 radical (unpaired) electrons. The molecule has 0 aliphatic heterocycles. The van der Waals surface area contributed by atoms with Gasteiger partial charge in [-0.3, -0.25) is 4.79 Å². The van der Waals surface area contributed by atoms with Gasteiger partial charge in [-0.25, -0.2) is 4.79 Å². The number of aryl methyl sites for hydroxylation is 1. The van der Waals surface area contributed by atoms with Crippen LogP contribution in [0.2, 0.25) is 0 Å².